The Morgan fingerprint density at radius 3 is 1.86 bits per heavy atom. The number of methoxy groups -OCH3 is 4. The molecule has 0 bridgehead atoms. The molecular weight excluding hydrogens is 821 g/mol. The third kappa shape index (κ3) is 9.36. The Hall–Kier alpha value is -6.20. The second-order valence-corrected chi connectivity index (χ2v) is 16.5. The first kappa shape index (κ1) is 47.3. The van der Waals surface area contributed by atoms with E-state index in [2.05, 4.69) is 38.8 Å². The van der Waals surface area contributed by atoms with Gasteiger partial charge in [0, 0.05) is 37.3 Å². The van der Waals surface area contributed by atoms with Crippen LogP contribution in [0.1, 0.15) is 97.5 Å². The Morgan fingerprint density at radius 2 is 1.31 bits per heavy atom. The van der Waals surface area contributed by atoms with Crippen LogP contribution in [0.4, 0.5) is 9.59 Å². The predicted molar refractivity (Wildman–Crippen MR) is 243 cm³/mol. The maximum atomic E-state index is 14.2. The number of H-pyrrole nitrogens is 2. The van der Waals surface area contributed by atoms with Crippen molar-refractivity contribution in [2.45, 2.75) is 123 Å². The molecule has 8 atom stereocenters. The number of aromatic amines is 2. The Labute approximate surface area is 373 Å². The largest absolute Gasteiger partial charge is 0.488 e. The molecule has 4 amide bonds. The van der Waals surface area contributed by atoms with E-state index in [-0.39, 0.29) is 23.9 Å². The molecule has 2 aromatic heterocycles. The zero-order valence-electron chi connectivity index (χ0n) is 38.8. The van der Waals surface area contributed by atoms with Gasteiger partial charge in [0.15, 0.2) is 0 Å². The van der Waals surface area contributed by atoms with Crippen LogP contribution in [0, 0.1) is 0 Å². The summed E-state index contributed by atoms with van der Waals surface area (Å²) in [6.07, 6.45) is 0.447. The summed E-state index contributed by atoms with van der Waals surface area (Å²) >= 11 is 0. The number of carbonyl (C=O) groups excluding carboxylic acids is 4. The number of fused-ring (bicyclic) bond motifs is 6. The van der Waals surface area contributed by atoms with E-state index in [1.165, 1.54) is 28.4 Å². The van der Waals surface area contributed by atoms with Gasteiger partial charge in [-0.25, -0.2) is 19.6 Å². The van der Waals surface area contributed by atoms with Gasteiger partial charge in [0.2, 0.25) is 11.8 Å². The Bertz CT molecular complexity index is 2480. The van der Waals surface area contributed by atoms with Gasteiger partial charge in [-0.2, -0.15) is 0 Å². The zero-order chi connectivity index (χ0) is 46.6. The topological polar surface area (TPSA) is 202 Å². The summed E-state index contributed by atoms with van der Waals surface area (Å²) in [6, 6.07) is 11.1. The zero-order valence-corrected chi connectivity index (χ0v) is 38.8. The van der Waals surface area contributed by atoms with Crippen molar-refractivity contribution in [3.05, 3.63) is 65.9 Å². The van der Waals surface area contributed by atoms with Crippen molar-refractivity contribution in [3.63, 3.8) is 0 Å². The summed E-state index contributed by atoms with van der Waals surface area (Å²) < 4.78 is 27.0. The van der Waals surface area contributed by atoms with Crippen molar-refractivity contribution in [2.75, 3.05) is 28.4 Å². The molecule has 4 N–H and O–H groups in total. The molecule has 17 heteroatoms. The first-order chi connectivity index (χ1) is 30.6. The lowest BCUT2D eigenvalue weighted by Crippen LogP contribution is -2.56. The lowest BCUT2D eigenvalue weighted by Gasteiger charge is -2.37. The lowest BCUT2D eigenvalue weighted by atomic mass is 9.92. The van der Waals surface area contributed by atoms with E-state index in [1.807, 2.05) is 65.8 Å². The fourth-order valence-corrected chi connectivity index (χ4v) is 8.34. The van der Waals surface area contributed by atoms with Gasteiger partial charge in [0.25, 0.3) is 0 Å². The molecule has 5 aromatic rings. The molecule has 0 saturated carbocycles. The third-order valence-corrected chi connectivity index (χ3v) is 12.7. The molecule has 64 heavy (non-hydrogen) atoms. The maximum absolute atomic E-state index is 14.2. The highest BCUT2D eigenvalue weighted by molar-refractivity contribution is 6.07. The minimum atomic E-state index is -0.979. The van der Waals surface area contributed by atoms with Crippen LogP contribution in [0.25, 0.3) is 44.2 Å². The standard InChI is InChI=1S/C47H62N8O9/c1-13-24(3)54(44(56)39(28(7)60-9)52-46(58)62-11)26(5)42-48-22-37(50-42)31-15-17-33-32(19-31)23-64-38-21-34-30(20-35(33)38)16-18-36-41(34)51-43(49-36)27(6)55(25(4)14-2)45(57)40(29(8)61-10)53-47(59)63-12/h15-22,24-29,39-40H,13-14,23H2,1-12H3,(H,48,50)(H,49,51)(H,52,58)(H,53,59)/t24-,25-,26-,27-,28-,29-,39?,40?/m0/s1. The highest BCUT2D eigenvalue weighted by Gasteiger charge is 2.38. The smallest absolute Gasteiger partial charge is 0.407 e. The number of nitrogens with zero attached hydrogens (tertiary/aromatic N) is 4. The van der Waals surface area contributed by atoms with Crippen LogP contribution in [0.5, 0.6) is 5.75 Å². The highest BCUT2D eigenvalue weighted by Crippen LogP contribution is 2.43. The first-order valence-electron chi connectivity index (χ1n) is 21.8. The molecule has 0 radical (unpaired) electrons. The number of hydrogen-bond donors (Lipinski definition) is 4. The number of imidazole rings is 2. The van der Waals surface area contributed by atoms with Gasteiger partial charge in [-0.1, -0.05) is 32.0 Å². The number of hydrogen-bond acceptors (Lipinski definition) is 11. The monoisotopic (exact) mass is 882 g/mol. The summed E-state index contributed by atoms with van der Waals surface area (Å²) in [6.45, 7) is 15.6. The Balaban J connectivity index is 1.28. The van der Waals surface area contributed by atoms with E-state index in [0.29, 0.717) is 31.1 Å². The second-order valence-electron chi connectivity index (χ2n) is 16.5. The van der Waals surface area contributed by atoms with E-state index >= 15 is 0 Å². The van der Waals surface area contributed by atoms with Gasteiger partial charge in [0.05, 0.1) is 61.4 Å². The molecule has 17 nitrogen and oxygen atoms in total. The molecule has 6 rings (SSSR count). The van der Waals surface area contributed by atoms with E-state index in [1.54, 1.807) is 29.8 Å². The third-order valence-electron chi connectivity index (χ3n) is 12.7. The van der Waals surface area contributed by atoms with Crippen molar-refractivity contribution >= 4 is 45.8 Å². The minimum absolute atomic E-state index is 0.175. The maximum Gasteiger partial charge on any atom is 0.407 e. The number of nitrogens with one attached hydrogen (secondary N) is 4. The first-order valence-corrected chi connectivity index (χ1v) is 21.8. The Kier molecular flexibility index (Phi) is 14.9. The predicted octanol–water partition coefficient (Wildman–Crippen LogP) is 7.56. The van der Waals surface area contributed by atoms with E-state index in [0.717, 1.165) is 55.5 Å². The quantitative estimate of drug-likeness (QED) is 0.0718. The second kappa shape index (κ2) is 20.1. The number of carbonyl (C=O) groups is 4. The van der Waals surface area contributed by atoms with Crippen LogP contribution in [-0.4, -0.2) is 119 Å². The summed E-state index contributed by atoms with van der Waals surface area (Å²) in [7, 11) is 5.49. The molecule has 1 aliphatic heterocycles. The van der Waals surface area contributed by atoms with Gasteiger partial charge in [-0.05, 0) is 101 Å². The molecule has 0 saturated heterocycles. The van der Waals surface area contributed by atoms with Gasteiger partial charge in [-0.3, -0.25) is 9.59 Å². The number of benzene rings is 3. The van der Waals surface area contributed by atoms with Crippen LogP contribution in [0.15, 0.2) is 48.7 Å². The number of ether oxygens (including phenoxy) is 5. The summed E-state index contributed by atoms with van der Waals surface area (Å²) in [5, 5.41) is 7.21. The number of rotatable bonds is 17. The van der Waals surface area contributed by atoms with Gasteiger partial charge < -0.3 is 54.1 Å². The molecule has 1 aliphatic rings. The van der Waals surface area contributed by atoms with Gasteiger partial charge in [0.1, 0.15) is 36.1 Å². The molecule has 0 aliphatic carbocycles. The average Bonchev–Trinajstić information content (AvgIpc) is 4.00. The average molecular weight is 883 g/mol. The van der Waals surface area contributed by atoms with Gasteiger partial charge in [-0.15, -0.1) is 0 Å². The molecule has 0 spiro atoms. The SMILES string of the molecule is CC[C@H](C)N(C(=O)C(NC(=O)OC)[C@H](C)OC)[C@@H](C)c1ncc(-c2ccc3c(c2)COc2cc4c(ccc5nc([C@H](C)N(C(=O)C(NC(=O)OC)[C@H](C)OC)[C@@H](C)CC)[nH]c54)cc2-3)[nH]1. The van der Waals surface area contributed by atoms with Crippen LogP contribution in [-0.2, 0) is 35.1 Å². The normalized spacial score (nSPS) is 15.9. The van der Waals surface area contributed by atoms with Crippen LogP contribution in [0.3, 0.4) is 0 Å². The van der Waals surface area contributed by atoms with Crippen LogP contribution in [0.2, 0.25) is 0 Å². The van der Waals surface area contributed by atoms with Crippen molar-refractivity contribution in [3.8, 4) is 28.1 Å². The fraction of sp³-hybridized carbons (Fsp3) is 0.489. The van der Waals surface area contributed by atoms with Crippen molar-refractivity contribution < 1.29 is 42.9 Å². The van der Waals surface area contributed by atoms with E-state index in [9.17, 15) is 19.2 Å². The molecule has 3 aromatic carbocycles. The van der Waals surface area contributed by atoms with Crippen molar-refractivity contribution in [1.29, 1.82) is 0 Å². The molecular formula is C47H62N8O9. The Morgan fingerprint density at radius 1 is 0.734 bits per heavy atom. The molecule has 344 valence electrons. The van der Waals surface area contributed by atoms with Crippen molar-refractivity contribution in [2.24, 2.45) is 0 Å². The fourth-order valence-electron chi connectivity index (χ4n) is 8.34. The minimum Gasteiger partial charge on any atom is -0.488 e. The van der Waals surface area contributed by atoms with Gasteiger partial charge >= 0.3 is 12.2 Å². The highest BCUT2D eigenvalue weighted by atomic mass is 16.5. The van der Waals surface area contributed by atoms with Crippen LogP contribution >= 0.6 is 0 Å². The van der Waals surface area contributed by atoms with Crippen LogP contribution < -0.4 is 15.4 Å². The molecule has 2 unspecified atom stereocenters. The number of amides is 4. The van der Waals surface area contributed by atoms with E-state index < -0.39 is 48.6 Å². The summed E-state index contributed by atoms with van der Waals surface area (Å²) in [5.41, 5.74) is 6.27. The molecule has 3 heterocycles. The summed E-state index contributed by atoms with van der Waals surface area (Å²) in [5.74, 6) is 1.32. The number of aromatic nitrogens is 4. The summed E-state index contributed by atoms with van der Waals surface area (Å²) in [4.78, 5) is 72.9. The lowest BCUT2D eigenvalue weighted by molar-refractivity contribution is -0.142. The van der Waals surface area contributed by atoms with E-state index in [4.69, 9.17) is 33.7 Å². The number of alkyl carbamates (subject to hydrolysis) is 2. The molecule has 0 fully saturated rings. The van der Waals surface area contributed by atoms with Crippen molar-refractivity contribution in [1.82, 2.24) is 40.4 Å².